The van der Waals surface area contributed by atoms with Gasteiger partial charge in [-0.3, -0.25) is 4.79 Å². The number of carboxylic acids is 1. The first kappa shape index (κ1) is 13.5. The van der Waals surface area contributed by atoms with E-state index in [4.69, 9.17) is 5.11 Å². The summed E-state index contributed by atoms with van der Waals surface area (Å²) in [6.07, 6.45) is -4.74. The van der Waals surface area contributed by atoms with Crippen LogP contribution in [-0.2, 0) is 23.9 Å². The van der Waals surface area contributed by atoms with E-state index in [0.29, 0.717) is 17.8 Å². The first-order valence-electron chi connectivity index (χ1n) is 5.74. The molecule has 2 rings (SSSR count). The molecule has 0 radical (unpaired) electrons. The summed E-state index contributed by atoms with van der Waals surface area (Å²) < 4.78 is 40.3. The van der Waals surface area contributed by atoms with Gasteiger partial charge in [-0.25, -0.2) is 0 Å². The smallest absolute Gasteiger partial charge is 0.417 e. The third-order valence-electron chi connectivity index (χ3n) is 2.99. The molecule has 19 heavy (non-hydrogen) atoms. The van der Waals surface area contributed by atoms with Gasteiger partial charge in [0.05, 0.1) is 12.0 Å². The number of carboxylic acid groups (broad SMARTS) is 1. The summed E-state index contributed by atoms with van der Waals surface area (Å²) in [5, 5.41) is 8.85. The normalized spacial score (nSPS) is 12.0. The molecule has 6 heteroatoms. The lowest BCUT2D eigenvalue weighted by Crippen LogP contribution is -2.07. The first-order valence-corrected chi connectivity index (χ1v) is 5.74. The van der Waals surface area contributed by atoms with Crippen molar-refractivity contribution in [2.75, 3.05) is 0 Å². The van der Waals surface area contributed by atoms with Crippen LogP contribution in [0.5, 0.6) is 0 Å². The summed E-state index contributed by atoms with van der Waals surface area (Å²) >= 11 is 0. The second-order valence-electron chi connectivity index (χ2n) is 4.19. The fourth-order valence-corrected chi connectivity index (χ4v) is 2.26. The van der Waals surface area contributed by atoms with Crippen molar-refractivity contribution in [1.82, 2.24) is 4.57 Å². The predicted octanol–water partition coefficient (Wildman–Crippen LogP) is 3.31. The van der Waals surface area contributed by atoms with Crippen molar-refractivity contribution in [3.8, 4) is 0 Å². The van der Waals surface area contributed by atoms with Crippen LogP contribution < -0.4 is 0 Å². The van der Waals surface area contributed by atoms with E-state index in [0.717, 1.165) is 6.07 Å². The molecule has 0 aliphatic heterocycles. The van der Waals surface area contributed by atoms with Crippen LogP contribution >= 0.6 is 0 Å². The standard InChI is InChI=1S/C13H12F3NO2/c1-2-17-8(7-12(18)19)6-9-10(13(14,15)16)4-3-5-11(9)17/h3-6H,2,7H2,1H3,(H,18,19). The van der Waals surface area contributed by atoms with E-state index < -0.39 is 17.7 Å². The fourth-order valence-electron chi connectivity index (χ4n) is 2.26. The molecule has 0 atom stereocenters. The molecule has 0 saturated heterocycles. The maximum Gasteiger partial charge on any atom is 0.417 e. The lowest BCUT2D eigenvalue weighted by atomic mass is 10.1. The van der Waals surface area contributed by atoms with Crippen molar-refractivity contribution in [2.45, 2.75) is 26.1 Å². The third kappa shape index (κ3) is 2.43. The number of rotatable bonds is 3. The Balaban J connectivity index is 2.71. The summed E-state index contributed by atoms with van der Waals surface area (Å²) in [6.45, 7) is 2.19. The minimum Gasteiger partial charge on any atom is -0.481 e. The molecule has 1 aromatic heterocycles. The number of carbonyl (C=O) groups is 1. The van der Waals surface area contributed by atoms with Gasteiger partial charge in [0.15, 0.2) is 0 Å². The molecule has 0 aliphatic rings. The first-order chi connectivity index (χ1) is 8.84. The number of aryl methyl sites for hydroxylation is 1. The third-order valence-corrected chi connectivity index (χ3v) is 2.99. The second kappa shape index (κ2) is 4.60. The van der Waals surface area contributed by atoms with Gasteiger partial charge in [-0.1, -0.05) is 6.07 Å². The molecule has 0 bridgehead atoms. The van der Waals surface area contributed by atoms with Crippen molar-refractivity contribution >= 4 is 16.9 Å². The van der Waals surface area contributed by atoms with E-state index in [9.17, 15) is 18.0 Å². The Morgan fingerprint density at radius 1 is 1.37 bits per heavy atom. The molecule has 102 valence electrons. The van der Waals surface area contributed by atoms with Crippen LogP contribution in [0.15, 0.2) is 24.3 Å². The number of alkyl halides is 3. The van der Waals surface area contributed by atoms with Crippen LogP contribution in [0, 0.1) is 0 Å². The van der Waals surface area contributed by atoms with Crippen LogP contribution in [0.3, 0.4) is 0 Å². The highest BCUT2D eigenvalue weighted by Gasteiger charge is 2.33. The number of halogens is 3. The van der Waals surface area contributed by atoms with Crippen molar-refractivity contribution in [1.29, 1.82) is 0 Å². The number of fused-ring (bicyclic) bond motifs is 1. The highest BCUT2D eigenvalue weighted by molar-refractivity contribution is 5.86. The van der Waals surface area contributed by atoms with Gasteiger partial charge in [0.25, 0.3) is 0 Å². The topological polar surface area (TPSA) is 42.2 Å². The van der Waals surface area contributed by atoms with E-state index >= 15 is 0 Å². The average molecular weight is 271 g/mol. The zero-order chi connectivity index (χ0) is 14.2. The molecule has 0 fully saturated rings. The average Bonchev–Trinajstić information content (AvgIpc) is 2.63. The molecule has 0 saturated carbocycles. The molecule has 0 spiro atoms. The summed E-state index contributed by atoms with van der Waals surface area (Å²) in [6, 6.07) is 5.23. The van der Waals surface area contributed by atoms with Gasteiger partial charge in [0, 0.05) is 23.1 Å². The minimum atomic E-state index is -4.44. The van der Waals surface area contributed by atoms with Gasteiger partial charge in [-0.2, -0.15) is 13.2 Å². The largest absolute Gasteiger partial charge is 0.481 e. The van der Waals surface area contributed by atoms with Crippen molar-refractivity contribution < 1.29 is 23.1 Å². The molecule has 0 aliphatic carbocycles. The Morgan fingerprint density at radius 3 is 2.58 bits per heavy atom. The molecular formula is C13H12F3NO2. The summed E-state index contributed by atoms with van der Waals surface area (Å²) in [5.74, 6) is -1.06. The van der Waals surface area contributed by atoms with Gasteiger partial charge in [0.2, 0.25) is 0 Å². The molecular weight excluding hydrogens is 259 g/mol. The zero-order valence-electron chi connectivity index (χ0n) is 10.2. The second-order valence-corrected chi connectivity index (χ2v) is 4.19. The van der Waals surface area contributed by atoms with Crippen LogP contribution in [0.25, 0.3) is 10.9 Å². The monoisotopic (exact) mass is 271 g/mol. The van der Waals surface area contributed by atoms with Crippen molar-refractivity contribution in [3.63, 3.8) is 0 Å². The molecule has 0 unspecified atom stereocenters. The van der Waals surface area contributed by atoms with E-state index in [2.05, 4.69) is 0 Å². The number of hydrogen-bond donors (Lipinski definition) is 1. The van der Waals surface area contributed by atoms with Gasteiger partial charge in [-0.15, -0.1) is 0 Å². The Bertz CT molecular complexity index is 629. The van der Waals surface area contributed by atoms with Gasteiger partial charge in [-0.05, 0) is 25.1 Å². The Morgan fingerprint density at radius 2 is 2.05 bits per heavy atom. The van der Waals surface area contributed by atoms with Crippen LogP contribution in [0.1, 0.15) is 18.2 Å². The van der Waals surface area contributed by atoms with Crippen LogP contribution in [0.2, 0.25) is 0 Å². The summed E-state index contributed by atoms with van der Waals surface area (Å²) in [7, 11) is 0. The van der Waals surface area contributed by atoms with E-state index in [1.54, 1.807) is 17.6 Å². The predicted molar refractivity (Wildman–Crippen MR) is 64.0 cm³/mol. The number of aliphatic carboxylic acids is 1. The quantitative estimate of drug-likeness (QED) is 0.930. The molecule has 1 N–H and O–H groups in total. The summed E-state index contributed by atoms with van der Waals surface area (Å²) in [4.78, 5) is 10.8. The van der Waals surface area contributed by atoms with Crippen LogP contribution in [0.4, 0.5) is 13.2 Å². The number of nitrogens with zero attached hydrogens (tertiary/aromatic N) is 1. The molecule has 1 heterocycles. The Kier molecular flexibility index (Phi) is 3.26. The zero-order valence-corrected chi connectivity index (χ0v) is 10.2. The number of benzene rings is 1. The van der Waals surface area contributed by atoms with Gasteiger partial charge >= 0.3 is 12.1 Å². The minimum absolute atomic E-state index is 0.0492. The maximum atomic E-state index is 12.9. The maximum absolute atomic E-state index is 12.9. The van der Waals surface area contributed by atoms with Crippen molar-refractivity contribution in [3.05, 3.63) is 35.5 Å². The highest BCUT2D eigenvalue weighted by Crippen LogP contribution is 2.36. The van der Waals surface area contributed by atoms with Crippen LogP contribution in [-0.4, -0.2) is 15.6 Å². The number of aromatic nitrogens is 1. The fraction of sp³-hybridized carbons (Fsp3) is 0.308. The van der Waals surface area contributed by atoms with E-state index in [1.165, 1.54) is 12.1 Å². The van der Waals surface area contributed by atoms with Gasteiger partial charge < -0.3 is 9.67 Å². The van der Waals surface area contributed by atoms with E-state index in [-0.39, 0.29) is 11.8 Å². The summed E-state index contributed by atoms with van der Waals surface area (Å²) in [5.41, 5.74) is 0.0547. The molecule has 2 aromatic rings. The highest BCUT2D eigenvalue weighted by atomic mass is 19.4. The molecule has 0 amide bonds. The Hall–Kier alpha value is -1.98. The molecule has 1 aromatic carbocycles. The lowest BCUT2D eigenvalue weighted by Gasteiger charge is -2.09. The van der Waals surface area contributed by atoms with Gasteiger partial charge in [0.1, 0.15) is 0 Å². The lowest BCUT2D eigenvalue weighted by molar-refractivity contribution is -0.137. The van der Waals surface area contributed by atoms with E-state index in [1.807, 2.05) is 0 Å². The van der Waals surface area contributed by atoms with Crippen molar-refractivity contribution in [2.24, 2.45) is 0 Å². The SMILES string of the molecule is CCn1c(CC(=O)O)cc2c(C(F)(F)F)cccc21. The molecule has 3 nitrogen and oxygen atoms in total. The number of hydrogen-bond acceptors (Lipinski definition) is 1. The Labute approximate surface area is 107 Å².